The molecule has 4 aliphatic rings. The Balaban J connectivity index is 0.868. The van der Waals surface area contributed by atoms with E-state index in [1.165, 1.54) is 50.6 Å². The number of H-pyrrole nitrogens is 1. The van der Waals surface area contributed by atoms with E-state index in [1.54, 1.807) is 20.5 Å². The maximum absolute atomic E-state index is 6.39. The van der Waals surface area contributed by atoms with E-state index >= 15 is 0 Å². The number of hydrogen-bond donors (Lipinski definition) is 2. The lowest BCUT2D eigenvalue weighted by atomic mass is 9.75. The predicted octanol–water partition coefficient (Wildman–Crippen LogP) is 8.56. The fraction of sp³-hybridized carbons (Fsp3) is 0.533. The van der Waals surface area contributed by atoms with Gasteiger partial charge in [-0.1, -0.05) is 33.3 Å². The summed E-state index contributed by atoms with van der Waals surface area (Å²) in [6.45, 7) is 13.6. The van der Waals surface area contributed by atoms with Gasteiger partial charge in [-0.05, 0) is 98.2 Å². The van der Waals surface area contributed by atoms with Crippen LogP contribution in [0.15, 0.2) is 67.5 Å². The summed E-state index contributed by atoms with van der Waals surface area (Å²) in [6, 6.07) is 15.3. The quantitative estimate of drug-likeness (QED) is 0.115. The monoisotopic (exact) mass is 759 g/mol. The Morgan fingerprint density at radius 2 is 1.80 bits per heavy atom. The average Bonchev–Trinajstić information content (AvgIpc) is 3.93. The maximum Gasteiger partial charge on any atom is 0.272 e. The van der Waals surface area contributed by atoms with Gasteiger partial charge in [-0.25, -0.2) is 15.0 Å². The molecular formula is C45H57N7O4. The maximum atomic E-state index is 6.39. The number of aromatic nitrogens is 5. The van der Waals surface area contributed by atoms with Crippen molar-refractivity contribution >= 4 is 27.9 Å². The Kier molecular flexibility index (Phi) is 9.84. The first-order valence-corrected chi connectivity index (χ1v) is 20.6. The average molecular weight is 760 g/mol. The minimum absolute atomic E-state index is 0.0291. The zero-order valence-corrected chi connectivity index (χ0v) is 33.6. The first-order valence-electron chi connectivity index (χ1n) is 20.6. The zero-order chi connectivity index (χ0) is 38.6. The van der Waals surface area contributed by atoms with Gasteiger partial charge in [0.2, 0.25) is 0 Å². The van der Waals surface area contributed by atoms with Crippen molar-refractivity contribution in [1.82, 2.24) is 29.4 Å². The molecule has 4 fully saturated rings. The number of fused-ring (bicyclic) bond motifs is 3. The van der Waals surface area contributed by atoms with Gasteiger partial charge in [-0.15, -0.1) is 0 Å². The van der Waals surface area contributed by atoms with Crippen molar-refractivity contribution in [2.24, 2.45) is 17.8 Å². The number of aryl methyl sites for hydroxylation is 1. The highest BCUT2D eigenvalue weighted by atomic mass is 16.7. The van der Waals surface area contributed by atoms with Gasteiger partial charge in [0.05, 0.1) is 36.7 Å². The first kappa shape index (κ1) is 36.8. The van der Waals surface area contributed by atoms with Gasteiger partial charge in [-0.3, -0.25) is 4.90 Å². The van der Waals surface area contributed by atoms with Crippen molar-refractivity contribution in [3.63, 3.8) is 0 Å². The smallest absolute Gasteiger partial charge is 0.272 e. The fourth-order valence-corrected chi connectivity index (χ4v) is 9.61. The summed E-state index contributed by atoms with van der Waals surface area (Å²) < 4.78 is 26.1. The van der Waals surface area contributed by atoms with Gasteiger partial charge in [0, 0.05) is 55.8 Å². The normalized spacial score (nSPS) is 24.9. The second kappa shape index (κ2) is 15.0. The molecule has 56 heavy (non-hydrogen) atoms. The molecule has 3 saturated carbocycles. The lowest BCUT2D eigenvalue weighted by Crippen LogP contribution is -2.50. The highest BCUT2D eigenvalue weighted by Crippen LogP contribution is 2.47. The van der Waals surface area contributed by atoms with Crippen LogP contribution in [0.2, 0.25) is 0 Å². The Morgan fingerprint density at radius 3 is 2.57 bits per heavy atom. The van der Waals surface area contributed by atoms with Crippen LogP contribution < -0.4 is 14.8 Å². The van der Waals surface area contributed by atoms with Crippen molar-refractivity contribution < 1.29 is 18.9 Å². The minimum Gasteiger partial charge on any atom is -0.497 e. The summed E-state index contributed by atoms with van der Waals surface area (Å²) in [7, 11) is 3.33. The molecule has 0 amide bonds. The third-order valence-electron chi connectivity index (χ3n) is 13.2. The molecule has 2 aromatic carbocycles. The zero-order valence-electron chi connectivity index (χ0n) is 33.6. The lowest BCUT2D eigenvalue weighted by molar-refractivity contribution is 0.0157. The summed E-state index contributed by atoms with van der Waals surface area (Å²) in [5, 5.41) is 4.50. The largest absolute Gasteiger partial charge is 0.497 e. The van der Waals surface area contributed by atoms with E-state index in [9.17, 15) is 0 Å². The standard InChI is InChI=1S/C45H57N7O4/c1-27-55-41-31(20-38(42(41)56-27)52-17-16-35-43(47-26-48-44(35)52)46-23-30-11-13-34(53-5)22-39(30)54-6)25-51(24-28-8-7-9-28)33-18-29(19-33)10-15-40-49-36-14-12-32(45(2,3)4)21-37(36)50-40/h11-14,16-17,21-22,26,28-29,31,33,38,41-42H,1,7-10,15,18-20,23-25H2,2-6H3,(H,49,50)(H,46,47,48)/t29-,31-,33-,38-,41-,42+/m1/s1. The Hall–Kier alpha value is -4.77. The van der Waals surface area contributed by atoms with Crippen LogP contribution in [0, 0.1) is 17.8 Å². The van der Waals surface area contributed by atoms with Crippen LogP contribution in [-0.4, -0.2) is 75.0 Å². The van der Waals surface area contributed by atoms with Gasteiger partial charge >= 0.3 is 0 Å². The van der Waals surface area contributed by atoms with Crippen molar-refractivity contribution in [3.05, 3.63) is 84.5 Å². The third kappa shape index (κ3) is 7.19. The summed E-state index contributed by atoms with van der Waals surface area (Å²) in [6.07, 6.45) is 13.4. The van der Waals surface area contributed by atoms with E-state index in [2.05, 4.69) is 82.6 Å². The molecule has 0 radical (unpaired) electrons. The van der Waals surface area contributed by atoms with Crippen molar-refractivity contribution in [3.8, 4) is 11.5 Å². The van der Waals surface area contributed by atoms with Crippen molar-refractivity contribution in [2.75, 3.05) is 32.6 Å². The van der Waals surface area contributed by atoms with Crippen molar-refractivity contribution in [2.45, 2.75) is 108 Å². The van der Waals surface area contributed by atoms with Crippen LogP contribution in [0.4, 0.5) is 5.82 Å². The van der Waals surface area contributed by atoms with Crippen LogP contribution in [0.1, 0.15) is 88.7 Å². The minimum atomic E-state index is -0.110. The number of rotatable bonds is 14. The van der Waals surface area contributed by atoms with Crippen LogP contribution >= 0.6 is 0 Å². The molecule has 1 saturated heterocycles. The first-order chi connectivity index (χ1) is 27.1. The molecule has 3 aromatic heterocycles. The molecule has 0 unspecified atom stereocenters. The molecule has 0 bridgehead atoms. The van der Waals surface area contributed by atoms with E-state index in [1.807, 2.05) is 18.2 Å². The van der Waals surface area contributed by atoms with Crippen LogP contribution in [0.3, 0.4) is 0 Å². The molecule has 0 spiro atoms. The molecule has 1 aliphatic heterocycles. The van der Waals surface area contributed by atoms with Gasteiger partial charge in [-0.2, -0.15) is 0 Å². The molecule has 4 heterocycles. The van der Waals surface area contributed by atoms with Gasteiger partial charge in [0.25, 0.3) is 5.95 Å². The number of nitrogens with zero attached hydrogens (tertiary/aromatic N) is 5. The van der Waals surface area contributed by atoms with Crippen LogP contribution in [0.5, 0.6) is 11.5 Å². The van der Waals surface area contributed by atoms with E-state index in [0.29, 0.717) is 24.4 Å². The van der Waals surface area contributed by atoms with E-state index in [-0.39, 0.29) is 23.7 Å². The Labute approximate surface area is 330 Å². The number of nitrogens with one attached hydrogen (secondary N) is 2. The van der Waals surface area contributed by atoms with Crippen molar-refractivity contribution in [1.29, 1.82) is 0 Å². The van der Waals surface area contributed by atoms with E-state index in [4.69, 9.17) is 28.9 Å². The number of anilines is 1. The molecule has 3 aliphatic carbocycles. The highest BCUT2D eigenvalue weighted by Gasteiger charge is 2.53. The molecule has 11 heteroatoms. The molecule has 11 nitrogen and oxygen atoms in total. The van der Waals surface area contributed by atoms with Gasteiger partial charge < -0.3 is 33.8 Å². The summed E-state index contributed by atoms with van der Waals surface area (Å²) in [5.41, 5.74) is 5.58. The number of ether oxygens (including phenoxy) is 4. The number of methoxy groups -OCH3 is 2. The van der Waals surface area contributed by atoms with E-state index < -0.39 is 0 Å². The molecule has 5 aromatic rings. The van der Waals surface area contributed by atoms with Crippen LogP contribution in [-0.2, 0) is 27.9 Å². The Bertz CT molecular complexity index is 2200. The molecule has 296 valence electrons. The molecule has 9 rings (SSSR count). The highest BCUT2D eigenvalue weighted by molar-refractivity contribution is 5.87. The number of benzene rings is 2. The number of imidazole rings is 1. The predicted molar refractivity (Wildman–Crippen MR) is 219 cm³/mol. The summed E-state index contributed by atoms with van der Waals surface area (Å²) >= 11 is 0. The number of hydrogen-bond acceptors (Lipinski definition) is 9. The molecular weight excluding hydrogens is 703 g/mol. The van der Waals surface area contributed by atoms with Gasteiger partial charge in [0.15, 0.2) is 6.10 Å². The van der Waals surface area contributed by atoms with Gasteiger partial charge in [0.1, 0.15) is 41.2 Å². The molecule has 4 atom stereocenters. The second-order valence-electron chi connectivity index (χ2n) is 17.8. The fourth-order valence-electron chi connectivity index (χ4n) is 9.61. The van der Waals surface area contributed by atoms with E-state index in [0.717, 1.165) is 82.0 Å². The second-order valence-corrected chi connectivity index (χ2v) is 17.8. The summed E-state index contributed by atoms with van der Waals surface area (Å²) in [5.74, 6) is 5.73. The summed E-state index contributed by atoms with van der Waals surface area (Å²) in [4.78, 5) is 20.9. The number of aromatic amines is 1. The molecule has 2 N–H and O–H groups in total. The lowest BCUT2D eigenvalue weighted by Gasteiger charge is -2.46. The van der Waals surface area contributed by atoms with Crippen LogP contribution in [0.25, 0.3) is 22.1 Å². The SMILES string of the molecule is C=C1O[C@@H]2[C@@H](CN(CC3CCC3)[C@H]3C[C@H](CCc4nc5cc(C(C)(C)C)ccc5[nH]4)C3)C[C@@H](n3ccc4c(NCc5ccc(OC)cc5OC)ncnc43)[C@@H]2O1. The third-order valence-corrected chi connectivity index (χ3v) is 13.2. The topological polar surface area (TPSA) is 112 Å². The Morgan fingerprint density at radius 1 is 0.964 bits per heavy atom.